The molecule has 0 N–H and O–H groups in total. The molecular weight excluding hydrogens is 244 g/mol. The molecule has 0 spiro atoms. The summed E-state index contributed by atoms with van der Waals surface area (Å²) in [5, 5.41) is 1.70. The summed E-state index contributed by atoms with van der Waals surface area (Å²) in [7, 11) is 0. The van der Waals surface area contributed by atoms with Crippen molar-refractivity contribution in [3.05, 3.63) is 65.7 Å². The number of aryl methyl sites for hydroxylation is 1. The van der Waals surface area contributed by atoms with Gasteiger partial charge in [0.15, 0.2) is 0 Å². The first-order valence-corrected chi connectivity index (χ1v) is 6.14. The summed E-state index contributed by atoms with van der Waals surface area (Å²) in [6.07, 6.45) is 0. The topological polar surface area (TPSA) is 13.1 Å². The van der Waals surface area contributed by atoms with Gasteiger partial charge in [0.25, 0.3) is 0 Å². The molecule has 0 bridgehead atoms. The minimum absolute atomic E-state index is 0.655. The lowest BCUT2D eigenvalue weighted by molar-refractivity contribution is 0.596. The highest BCUT2D eigenvalue weighted by atomic mass is 35.5. The highest BCUT2D eigenvalue weighted by molar-refractivity contribution is 6.31. The maximum Gasteiger partial charge on any atom is 0.142 e. The molecule has 0 aliphatic carbocycles. The van der Waals surface area contributed by atoms with E-state index in [2.05, 4.69) is 26.0 Å². The van der Waals surface area contributed by atoms with Gasteiger partial charge in [0.2, 0.25) is 0 Å². The Morgan fingerprint density at radius 3 is 2.61 bits per heavy atom. The van der Waals surface area contributed by atoms with E-state index in [1.165, 1.54) is 5.56 Å². The second-order valence-corrected chi connectivity index (χ2v) is 4.84. The number of rotatable bonds is 1. The number of hydrogen-bond donors (Lipinski definition) is 0. The Morgan fingerprint density at radius 2 is 1.83 bits per heavy atom. The summed E-state index contributed by atoms with van der Waals surface area (Å²) in [6.45, 7) is 5.91. The van der Waals surface area contributed by atoms with E-state index in [1.54, 1.807) is 0 Å². The molecule has 1 radical (unpaired) electrons. The van der Waals surface area contributed by atoms with Crippen molar-refractivity contribution >= 4 is 22.6 Å². The average Bonchev–Trinajstić information content (AvgIpc) is 2.69. The molecule has 0 aliphatic rings. The van der Waals surface area contributed by atoms with Crippen LogP contribution in [0.4, 0.5) is 0 Å². The minimum atomic E-state index is 0.655. The lowest BCUT2D eigenvalue weighted by Crippen LogP contribution is -1.83. The summed E-state index contributed by atoms with van der Waals surface area (Å²) in [4.78, 5) is 0. The van der Waals surface area contributed by atoms with Crippen molar-refractivity contribution in [3.63, 3.8) is 0 Å². The number of fused-ring (bicyclic) bond motifs is 1. The van der Waals surface area contributed by atoms with Crippen LogP contribution in [-0.2, 0) is 0 Å². The Morgan fingerprint density at radius 1 is 1.06 bits per heavy atom. The van der Waals surface area contributed by atoms with Gasteiger partial charge in [-0.15, -0.1) is 0 Å². The Kier molecular flexibility index (Phi) is 2.64. The molecule has 0 saturated carbocycles. The van der Waals surface area contributed by atoms with E-state index in [0.29, 0.717) is 10.8 Å². The van der Waals surface area contributed by atoms with Gasteiger partial charge in [-0.1, -0.05) is 35.9 Å². The normalized spacial score (nSPS) is 11.1. The van der Waals surface area contributed by atoms with E-state index in [1.807, 2.05) is 30.3 Å². The summed E-state index contributed by atoms with van der Waals surface area (Å²) >= 11 is 6.17. The maximum absolute atomic E-state index is 6.17. The van der Waals surface area contributed by atoms with E-state index in [0.717, 1.165) is 22.1 Å². The van der Waals surface area contributed by atoms with Crippen LogP contribution in [0.25, 0.3) is 22.1 Å². The smallest absolute Gasteiger partial charge is 0.142 e. The maximum atomic E-state index is 6.17. The van der Waals surface area contributed by atoms with Crippen LogP contribution in [-0.4, -0.2) is 0 Å². The monoisotopic (exact) mass is 255 g/mol. The molecule has 3 rings (SSSR count). The Balaban J connectivity index is 2.38. The standard InChI is InChI=1S/C16H12ClO/c1-10-5-3-4-6-14(10)15-9-13(17)8-12-7-11(2)18-16(12)15/h3-9H,2H2,1H3. The van der Waals surface area contributed by atoms with E-state index in [-0.39, 0.29) is 0 Å². The fourth-order valence-electron chi connectivity index (χ4n) is 2.24. The molecule has 0 atom stereocenters. The molecule has 0 aliphatic heterocycles. The summed E-state index contributed by atoms with van der Waals surface area (Å²) in [6, 6.07) is 13.9. The van der Waals surface area contributed by atoms with E-state index < -0.39 is 0 Å². The van der Waals surface area contributed by atoms with Crippen LogP contribution in [0, 0.1) is 13.8 Å². The highest BCUT2D eigenvalue weighted by Gasteiger charge is 2.11. The van der Waals surface area contributed by atoms with Crippen LogP contribution < -0.4 is 0 Å². The van der Waals surface area contributed by atoms with Crippen LogP contribution in [0.3, 0.4) is 0 Å². The SMILES string of the molecule is [CH2]c1cc2cc(Cl)cc(-c3ccccc3C)c2o1. The third kappa shape index (κ3) is 1.81. The molecule has 0 unspecified atom stereocenters. The molecule has 0 fully saturated rings. The van der Waals surface area contributed by atoms with Crippen molar-refractivity contribution in [1.82, 2.24) is 0 Å². The van der Waals surface area contributed by atoms with Crippen molar-refractivity contribution in [2.45, 2.75) is 6.92 Å². The summed E-state index contributed by atoms with van der Waals surface area (Å²) in [5.41, 5.74) is 4.20. The van der Waals surface area contributed by atoms with Gasteiger partial charge in [0, 0.05) is 22.9 Å². The molecule has 1 nitrogen and oxygen atoms in total. The van der Waals surface area contributed by atoms with Crippen molar-refractivity contribution in [2.75, 3.05) is 0 Å². The third-order valence-electron chi connectivity index (χ3n) is 3.07. The average molecular weight is 256 g/mol. The van der Waals surface area contributed by atoms with Crippen LogP contribution in [0.2, 0.25) is 5.02 Å². The third-order valence-corrected chi connectivity index (χ3v) is 3.29. The van der Waals surface area contributed by atoms with Crippen LogP contribution >= 0.6 is 11.6 Å². The van der Waals surface area contributed by atoms with Gasteiger partial charge >= 0.3 is 0 Å². The molecule has 2 aromatic carbocycles. The molecule has 3 aromatic rings. The summed E-state index contributed by atoms with van der Waals surface area (Å²) < 4.78 is 5.69. The van der Waals surface area contributed by atoms with Crippen molar-refractivity contribution in [2.24, 2.45) is 0 Å². The van der Waals surface area contributed by atoms with Crippen molar-refractivity contribution < 1.29 is 4.42 Å². The van der Waals surface area contributed by atoms with Gasteiger partial charge in [-0.05, 0) is 36.2 Å². The zero-order chi connectivity index (χ0) is 12.7. The number of furan rings is 1. The molecule has 18 heavy (non-hydrogen) atoms. The van der Waals surface area contributed by atoms with Crippen LogP contribution in [0.1, 0.15) is 11.3 Å². The van der Waals surface area contributed by atoms with Crippen molar-refractivity contribution in [1.29, 1.82) is 0 Å². The predicted molar refractivity (Wildman–Crippen MR) is 75.9 cm³/mol. The summed E-state index contributed by atoms with van der Waals surface area (Å²) in [5.74, 6) is 0.655. The highest BCUT2D eigenvalue weighted by Crippen LogP contribution is 2.35. The molecule has 89 valence electrons. The fraction of sp³-hybridized carbons (Fsp3) is 0.0625. The molecule has 2 heteroatoms. The second-order valence-electron chi connectivity index (χ2n) is 4.40. The Hall–Kier alpha value is -1.73. The quantitative estimate of drug-likeness (QED) is 0.579. The number of hydrogen-bond acceptors (Lipinski definition) is 1. The van der Waals surface area contributed by atoms with Crippen molar-refractivity contribution in [3.8, 4) is 11.1 Å². The minimum Gasteiger partial charge on any atom is -0.460 e. The lowest BCUT2D eigenvalue weighted by Gasteiger charge is -2.07. The van der Waals surface area contributed by atoms with Gasteiger partial charge in [0.1, 0.15) is 11.3 Å². The predicted octanol–water partition coefficient (Wildman–Crippen LogP) is 5.24. The molecule has 1 aromatic heterocycles. The largest absolute Gasteiger partial charge is 0.460 e. The zero-order valence-electron chi connectivity index (χ0n) is 10.0. The number of halogens is 1. The molecule has 0 saturated heterocycles. The molecular formula is C16H12ClO. The molecule has 0 amide bonds. The van der Waals surface area contributed by atoms with Crippen LogP contribution in [0.15, 0.2) is 46.9 Å². The van der Waals surface area contributed by atoms with Gasteiger partial charge in [-0.2, -0.15) is 0 Å². The fourth-order valence-corrected chi connectivity index (χ4v) is 2.47. The van der Waals surface area contributed by atoms with Crippen LogP contribution in [0.5, 0.6) is 0 Å². The van der Waals surface area contributed by atoms with Gasteiger partial charge < -0.3 is 4.42 Å². The van der Waals surface area contributed by atoms with E-state index >= 15 is 0 Å². The second kappa shape index (κ2) is 4.18. The first kappa shape index (κ1) is 11.4. The Labute approximate surface area is 111 Å². The van der Waals surface area contributed by atoms with Gasteiger partial charge in [-0.3, -0.25) is 0 Å². The van der Waals surface area contributed by atoms with E-state index in [4.69, 9.17) is 16.0 Å². The Bertz CT molecular complexity index is 725. The van der Waals surface area contributed by atoms with E-state index in [9.17, 15) is 0 Å². The molecule has 1 heterocycles. The zero-order valence-corrected chi connectivity index (χ0v) is 10.8. The first-order valence-electron chi connectivity index (χ1n) is 5.76. The lowest BCUT2D eigenvalue weighted by atomic mass is 9.99. The number of benzene rings is 2. The first-order chi connectivity index (χ1) is 8.65. The van der Waals surface area contributed by atoms with Gasteiger partial charge in [0.05, 0.1) is 0 Å². The van der Waals surface area contributed by atoms with Gasteiger partial charge in [-0.25, -0.2) is 0 Å².